The van der Waals surface area contributed by atoms with Gasteiger partial charge in [0.1, 0.15) is 0 Å². The number of carbonyl (C=O) groups excluding carboxylic acids is 1. The van der Waals surface area contributed by atoms with Crippen LogP contribution in [0, 0.1) is 11.8 Å². The van der Waals surface area contributed by atoms with Crippen LogP contribution in [0.3, 0.4) is 0 Å². The van der Waals surface area contributed by atoms with Crippen molar-refractivity contribution in [3.8, 4) is 0 Å². The lowest BCUT2D eigenvalue weighted by Crippen LogP contribution is -2.47. The molecule has 0 bridgehead atoms. The van der Waals surface area contributed by atoms with Crippen molar-refractivity contribution >= 4 is 11.6 Å². The van der Waals surface area contributed by atoms with Gasteiger partial charge >= 0.3 is 0 Å². The number of benzene rings is 2. The zero-order chi connectivity index (χ0) is 26.2. The van der Waals surface area contributed by atoms with E-state index < -0.39 is 0 Å². The minimum atomic E-state index is -0.0788. The Morgan fingerprint density at radius 1 is 0.974 bits per heavy atom. The highest BCUT2D eigenvalue weighted by Gasteiger charge is 2.41. The first kappa shape index (κ1) is 27.1. The van der Waals surface area contributed by atoms with Crippen molar-refractivity contribution in [3.05, 3.63) is 65.7 Å². The molecule has 2 aliphatic heterocycles. The van der Waals surface area contributed by atoms with Gasteiger partial charge in [0.15, 0.2) is 0 Å². The van der Waals surface area contributed by atoms with E-state index in [1.807, 2.05) is 42.5 Å². The summed E-state index contributed by atoms with van der Waals surface area (Å²) in [5.74, 6) is 1.03. The second-order valence-corrected chi connectivity index (χ2v) is 11.1. The summed E-state index contributed by atoms with van der Waals surface area (Å²) in [5, 5.41) is 6.74. The Bertz CT molecular complexity index is 997. The number of carbonyl (C=O) groups is 1. The highest BCUT2D eigenvalue weighted by molar-refractivity contribution is 5.94. The van der Waals surface area contributed by atoms with E-state index in [0.717, 1.165) is 37.4 Å². The quantitative estimate of drug-likeness (QED) is 0.337. The normalized spacial score (nSPS) is 26.1. The minimum Gasteiger partial charge on any atom is -0.385 e. The standard InChI is InChI=1S/C30H43N5O3/c1-35-15-13-22(14-16-35)20-31-25-9-7-24(8-10-25)30(36)32-29-27-12-11-26(19-28(27)33-34-29)38-18-17-37-21-23-5-3-2-4-6-23/h2-10,22,26-29,31,33-34H,11-21H2,1H3,(H,32,36). The molecule has 0 radical (unpaired) electrons. The topological polar surface area (TPSA) is 86.9 Å². The molecule has 5 rings (SSSR count). The molecule has 8 nitrogen and oxygen atoms in total. The lowest BCUT2D eigenvalue weighted by atomic mass is 9.82. The first-order valence-corrected chi connectivity index (χ1v) is 14.2. The maximum atomic E-state index is 12.9. The SMILES string of the molecule is CN1CCC(CNc2ccc(C(=O)NC3NNC4CC(OCCOCc5ccccc5)CCC43)cc2)CC1. The van der Waals surface area contributed by atoms with E-state index in [-0.39, 0.29) is 24.2 Å². The van der Waals surface area contributed by atoms with Crippen molar-refractivity contribution in [1.29, 1.82) is 0 Å². The molecule has 3 fully saturated rings. The van der Waals surface area contributed by atoms with Crippen LogP contribution < -0.4 is 21.5 Å². The monoisotopic (exact) mass is 521 g/mol. The molecule has 206 valence electrons. The number of hydrogen-bond acceptors (Lipinski definition) is 7. The molecule has 4 atom stereocenters. The largest absolute Gasteiger partial charge is 0.385 e. The Morgan fingerprint density at radius 2 is 1.76 bits per heavy atom. The average molecular weight is 522 g/mol. The van der Waals surface area contributed by atoms with Crippen molar-refractivity contribution < 1.29 is 14.3 Å². The molecule has 2 aromatic rings. The summed E-state index contributed by atoms with van der Waals surface area (Å²) in [5.41, 5.74) is 9.64. The van der Waals surface area contributed by atoms with E-state index in [1.54, 1.807) is 0 Å². The minimum absolute atomic E-state index is 0.0410. The van der Waals surface area contributed by atoms with Crippen LogP contribution in [-0.2, 0) is 16.1 Å². The number of rotatable bonds is 11. The average Bonchev–Trinajstić information content (AvgIpc) is 3.35. The van der Waals surface area contributed by atoms with E-state index in [2.05, 4.69) is 45.6 Å². The molecule has 4 N–H and O–H groups in total. The number of likely N-dealkylation sites (tertiary alicyclic amines) is 1. The van der Waals surface area contributed by atoms with E-state index in [0.29, 0.717) is 31.3 Å². The molecule has 8 heteroatoms. The molecule has 3 aliphatic rings. The lowest BCUT2D eigenvalue weighted by molar-refractivity contribution is -0.0239. The van der Waals surface area contributed by atoms with Gasteiger partial charge in [-0.15, -0.1) is 0 Å². The number of nitrogens with zero attached hydrogens (tertiary/aromatic N) is 1. The third kappa shape index (κ3) is 7.55. The molecule has 0 aromatic heterocycles. The van der Waals surface area contributed by atoms with Crippen LogP contribution >= 0.6 is 0 Å². The van der Waals surface area contributed by atoms with Crippen LogP contribution in [0.15, 0.2) is 54.6 Å². The summed E-state index contributed by atoms with van der Waals surface area (Å²) >= 11 is 0. The smallest absolute Gasteiger partial charge is 0.252 e. The molecule has 2 heterocycles. The van der Waals surface area contributed by atoms with Crippen LogP contribution in [0.2, 0.25) is 0 Å². The van der Waals surface area contributed by atoms with Crippen molar-refractivity contribution in [2.24, 2.45) is 11.8 Å². The lowest BCUT2D eigenvalue weighted by Gasteiger charge is -2.32. The second kappa shape index (κ2) is 13.5. The van der Waals surface area contributed by atoms with Gasteiger partial charge in [0.05, 0.1) is 32.1 Å². The number of hydrogen-bond donors (Lipinski definition) is 4. The highest BCUT2D eigenvalue weighted by atomic mass is 16.5. The van der Waals surface area contributed by atoms with Crippen LogP contribution in [0.4, 0.5) is 5.69 Å². The highest BCUT2D eigenvalue weighted by Crippen LogP contribution is 2.31. The third-order valence-corrected chi connectivity index (χ3v) is 8.27. The number of hydrazine groups is 1. The Hall–Kier alpha value is -2.49. The van der Waals surface area contributed by atoms with E-state index >= 15 is 0 Å². The van der Waals surface area contributed by atoms with Gasteiger partial charge in [0.2, 0.25) is 0 Å². The van der Waals surface area contributed by atoms with Crippen molar-refractivity contribution in [1.82, 2.24) is 21.1 Å². The summed E-state index contributed by atoms with van der Waals surface area (Å²) in [6, 6.07) is 18.3. The van der Waals surface area contributed by atoms with Gasteiger partial charge in [-0.3, -0.25) is 10.2 Å². The molecule has 0 spiro atoms. The van der Waals surface area contributed by atoms with Crippen LogP contribution in [0.1, 0.15) is 48.0 Å². The Balaban J connectivity index is 0.995. The number of piperidine rings is 1. The summed E-state index contributed by atoms with van der Waals surface area (Å²) in [6.45, 7) is 5.15. The fourth-order valence-corrected chi connectivity index (χ4v) is 5.85. The predicted octanol–water partition coefficient (Wildman–Crippen LogP) is 3.37. The van der Waals surface area contributed by atoms with Crippen LogP contribution in [0.5, 0.6) is 0 Å². The van der Waals surface area contributed by atoms with Crippen molar-refractivity contribution in [2.45, 2.75) is 57.0 Å². The van der Waals surface area contributed by atoms with Gasteiger partial charge < -0.3 is 25.0 Å². The number of fused-ring (bicyclic) bond motifs is 1. The van der Waals surface area contributed by atoms with Gasteiger partial charge in [-0.1, -0.05) is 30.3 Å². The first-order chi connectivity index (χ1) is 18.6. The Labute approximate surface area is 226 Å². The molecule has 1 saturated carbocycles. The summed E-state index contributed by atoms with van der Waals surface area (Å²) in [7, 11) is 2.19. The van der Waals surface area contributed by atoms with Crippen LogP contribution in [0.25, 0.3) is 0 Å². The zero-order valence-electron chi connectivity index (χ0n) is 22.5. The second-order valence-electron chi connectivity index (χ2n) is 11.1. The molecule has 38 heavy (non-hydrogen) atoms. The fraction of sp³-hybridized carbons (Fsp3) is 0.567. The van der Waals surface area contributed by atoms with Gasteiger partial charge in [0.25, 0.3) is 5.91 Å². The summed E-state index contributed by atoms with van der Waals surface area (Å²) in [6.07, 6.45) is 5.55. The van der Waals surface area contributed by atoms with Crippen molar-refractivity contribution in [3.63, 3.8) is 0 Å². The number of amides is 1. The molecular formula is C30H43N5O3. The predicted molar refractivity (Wildman–Crippen MR) is 150 cm³/mol. The van der Waals surface area contributed by atoms with Crippen molar-refractivity contribution in [2.75, 3.05) is 45.2 Å². The van der Waals surface area contributed by atoms with Gasteiger partial charge in [-0.05, 0) is 88.0 Å². The molecule has 2 aromatic carbocycles. The molecule has 4 unspecified atom stereocenters. The van der Waals surface area contributed by atoms with Gasteiger partial charge in [0, 0.05) is 29.8 Å². The number of nitrogens with one attached hydrogen (secondary N) is 4. The maximum absolute atomic E-state index is 12.9. The van der Waals surface area contributed by atoms with Crippen LogP contribution in [-0.4, -0.2) is 69.0 Å². The summed E-state index contributed by atoms with van der Waals surface area (Å²) < 4.78 is 11.8. The Kier molecular flexibility index (Phi) is 9.65. The molecular weight excluding hydrogens is 478 g/mol. The van der Waals surface area contributed by atoms with E-state index in [9.17, 15) is 4.79 Å². The molecule has 2 saturated heterocycles. The zero-order valence-corrected chi connectivity index (χ0v) is 22.5. The fourth-order valence-electron chi connectivity index (χ4n) is 5.85. The molecule has 1 aliphatic carbocycles. The Morgan fingerprint density at radius 3 is 2.55 bits per heavy atom. The number of ether oxygens (including phenoxy) is 2. The van der Waals surface area contributed by atoms with Gasteiger partial charge in [-0.25, -0.2) is 5.43 Å². The number of anilines is 1. The molecule has 1 amide bonds. The summed E-state index contributed by atoms with van der Waals surface area (Å²) in [4.78, 5) is 15.3. The van der Waals surface area contributed by atoms with Gasteiger partial charge in [-0.2, -0.15) is 0 Å². The first-order valence-electron chi connectivity index (χ1n) is 14.2. The van der Waals surface area contributed by atoms with E-state index in [1.165, 1.54) is 31.5 Å². The maximum Gasteiger partial charge on any atom is 0.252 e. The van der Waals surface area contributed by atoms with E-state index in [4.69, 9.17) is 9.47 Å². The third-order valence-electron chi connectivity index (χ3n) is 8.27.